The molecular weight excluding hydrogens is 346 g/mol. The number of hydrogen-bond donors (Lipinski definition) is 2. The standard InChI is InChI=1S/C13H10ClN3O5S/c1-21-10-5-8-7-4-6(23(14,19)20)2-3-9(7)16-11(8)12(17-10)22-13(15)18/h2-5,16H,1H3,(H2,15,18). The van der Waals surface area contributed by atoms with Gasteiger partial charge in [-0.05, 0) is 18.2 Å². The maximum absolute atomic E-state index is 11.5. The molecule has 3 rings (SSSR count). The van der Waals surface area contributed by atoms with Gasteiger partial charge in [-0.2, -0.15) is 4.98 Å². The lowest BCUT2D eigenvalue weighted by Gasteiger charge is -2.04. The van der Waals surface area contributed by atoms with Crippen LogP contribution in [0.25, 0.3) is 21.8 Å². The molecule has 3 N–H and O–H groups in total. The summed E-state index contributed by atoms with van der Waals surface area (Å²) in [4.78, 5) is 18.0. The minimum Gasteiger partial charge on any atom is -0.481 e. The molecule has 23 heavy (non-hydrogen) atoms. The highest BCUT2D eigenvalue weighted by molar-refractivity contribution is 8.13. The normalized spacial score (nSPS) is 11.7. The minimum atomic E-state index is -3.88. The van der Waals surface area contributed by atoms with Gasteiger partial charge in [-0.25, -0.2) is 13.2 Å². The fourth-order valence-electron chi connectivity index (χ4n) is 2.25. The van der Waals surface area contributed by atoms with E-state index in [9.17, 15) is 13.2 Å². The fraction of sp³-hybridized carbons (Fsp3) is 0.0769. The summed E-state index contributed by atoms with van der Waals surface area (Å²) < 4.78 is 32.9. The molecule has 3 aromatic rings. The number of primary amides is 1. The van der Waals surface area contributed by atoms with Crippen molar-refractivity contribution in [3.8, 4) is 11.8 Å². The Kier molecular flexibility index (Phi) is 3.53. The topological polar surface area (TPSA) is 124 Å². The first-order valence-corrected chi connectivity index (χ1v) is 8.53. The number of aromatic nitrogens is 2. The number of rotatable bonds is 3. The first-order chi connectivity index (χ1) is 10.8. The molecule has 0 aliphatic carbocycles. The SMILES string of the molecule is COc1cc2c([nH]c3ccc(S(=O)(=O)Cl)cc32)c(OC(N)=O)n1. The van der Waals surface area contributed by atoms with Crippen LogP contribution in [0.2, 0.25) is 0 Å². The van der Waals surface area contributed by atoms with Crippen molar-refractivity contribution in [2.24, 2.45) is 5.73 Å². The monoisotopic (exact) mass is 355 g/mol. The highest BCUT2D eigenvalue weighted by Gasteiger charge is 2.17. The molecule has 1 amide bonds. The predicted octanol–water partition coefficient (Wildman–Crippen LogP) is 2.11. The van der Waals surface area contributed by atoms with Crippen LogP contribution in [0.1, 0.15) is 0 Å². The number of H-pyrrole nitrogens is 1. The number of carbonyl (C=O) groups excluding carboxylic acids is 1. The van der Waals surface area contributed by atoms with Crippen molar-refractivity contribution in [2.45, 2.75) is 4.90 Å². The lowest BCUT2D eigenvalue weighted by molar-refractivity contribution is 0.209. The Labute approximate surface area is 134 Å². The smallest absolute Gasteiger partial charge is 0.411 e. The Morgan fingerprint density at radius 2 is 2.04 bits per heavy atom. The zero-order valence-corrected chi connectivity index (χ0v) is 13.2. The molecule has 10 heteroatoms. The zero-order chi connectivity index (χ0) is 16.8. The summed E-state index contributed by atoms with van der Waals surface area (Å²) in [5, 5.41) is 1.10. The molecule has 120 valence electrons. The highest BCUT2D eigenvalue weighted by Crippen LogP contribution is 2.34. The van der Waals surface area contributed by atoms with Gasteiger partial charge in [0.2, 0.25) is 5.88 Å². The van der Waals surface area contributed by atoms with Crippen LogP contribution in [0.5, 0.6) is 11.8 Å². The molecule has 2 heterocycles. The second kappa shape index (κ2) is 5.28. The third kappa shape index (κ3) is 2.76. The summed E-state index contributed by atoms with van der Waals surface area (Å²) in [7, 11) is 2.89. The number of pyridine rings is 1. The molecule has 0 aliphatic heterocycles. The number of carbonyl (C=O) groups is 1. The van der Waals surface area contributed by atoms with Crippen LogP contribution in [-0.4, -0.2) is 31.6 Å². The van der Waals surface area contributed by atoms with Crippen molar-refractivity contribution in [3.05, 3.63) is 24.3 Å². The number of halogens is 1. The average molecular weight is 356 g/mol. The number of ether oxygens (including phenoxy) is 2. The molecular formula is C13H10ClN3O5S. The maximum atomic E-state index is 11.5. The van der Waals surface area contributed by atoms with E-state index in [1.165, 1.54) is 19.2 Å². The number of fused-ring (bicyclic) bond motifs is 3. The van der Waals surface area contributed by atoms with Crippen LogP contribution < -0.4 is 15.2 Å². The van der Waals surface area contributed by atoms with E-state index in [1.54, 1.807) is 12.1 Å². The summed E-state index contributed by atoms with van der Waals surface area (Å²) in [6.07, 6.45) is -1.03. The summed E-state index contributed by atoms with van der Waals surface area (Å²) >= 11 is 0. The van der Waals surface area contributed by atoms with E-state index in [0.29, 0.717) is 21.8 Å². The van der Waals surface area contributed by atoms with E-state index in [4.69, 9.17) is 25.9 Å². The van der Waals surface area contributed by atoms with Gasteiger partial charge in [-0.3, -0.25) is 0 Å². The number of aromatic amines is 1. The molecule has 0 saturated carbocycles. The van der Waals surface area contributed by atoms with Gasteiger partial charge in [0.15, 0.2) is 0 Å². The predicted molar refractivity (Wildman–Crippen MR) is 83.4 cm³/mol. The zero-order valence-electron chi connectivity index (χ0n) is 11.7. The molecule has 0 aliphatic rings. The van der Waals surface area contributed by atoms with E-state index in [2.05, 4.69) is 9.97 Å². The van der Waals surface area contributed by atoms with Crippen LogP contribution in [0.4, 0.5) is 4.79 Å². The first kappa shape index (κ1) is 15.4. The summed E-state index contributed by atoms with van der Waals surface area (Å²) in [6, 6.07) is 5.89. The lowest BCUT2D eigenvalue weighted by atomic mass is 10.2. The number of hydrogen-bond acceptors (Lipinski definition) is 6. The second-order valence-corrected chi connectivity index (χ2v) is 7.15. The largest absolute Gasteiger partial charge is 0.481 e. The van der Waals surface area contributed by atoms with E-state index in [1.807, 2.05) is 0 Å². The van der Waals surface area contributed by atoms with Gasteiger partial charge >= 0.3 is 6.09 Å². The fourth-order valence-corrected chi connectivity index (χ4v) is 3.02. The highest BCUT2D eigenvalue weighted by atomic mass is 35.7. The molecule has 2 aromatic heterocycles. The lowest BCUT2D eigenvalue weighted by Crippen LogP contribution is -2.17. The van der Waals surface area contributed by atoms with Crippen LogP contribution >= 0.6 is 10.7 Å². The van der Waals surface area contributed by atoms with Crippen molar-refractivity contribution in [1.29, 1.82) is 0 Å². The third-order valence-electron chi connectivity index (χ3n) is 3.19. The van der Waals surface area contributed by atoms with Crippen LogP contribution in [0, 0.1) is 0 Å². The molecule has 0 fully saturated rings. The van der Waals surface area contributed by atoms with Crippen molar-refractivity contribution in [1.82, 2.24) is 9.97 Å². The summed E-state index contributed by atoms with van der Waals surface area (Å²) in [6.45, 7) is 0. The van der Waals surface area contributed by atoms with Crippen LogP contribution in [-0.2, 0) is 9.05 Å². The van der Waals surface area contributed by atoms with Gasteiger partial charge in [0.1, 0.15) is 5.52 Å². The number of amides is 1. The van der Waals surface area contributed by atoms with Gasteiger partial charge in [0.05, 0.1) is 12.0 Å². The molecule has 0 atom stereocenters. The van der Waals surface area contributed by atoms with Gasteiger partial charge in [-0.1, -0.05) is 0 Å². The van der Waals surface area contributed by atoms with Crippen LogP contribution in [0.15, 0.2) is 29.2 Å². The number of nitrogens with one attached hydrogen (secondary N) is 1. The quantitative estimate of drug-likeness (QED) is 0.693. The number of nitrogens with two attached hydrogens (primary N) is 1. The number of benzene rings is 1. The van der Waals surface area contributed by atoms with E-state index in [0.717, 1.165) is 0 Å². The van der Waals surface area contributed by atoms with Gasteiger partial charge in [0.25, 0.3) is 14.9 Å². The molecule has 0 spiro atoms. The van der Waals surface area contributed by atoms with Crippen molar-refractivity contribution >= 4 is 47.6 Å². The molecule has 0 unspecified atom stereocenters. The Morgan fingerprint density at radius 3 is 2.65 bits per heavy atom. The van der Waals surface area contributed by atoms with Crippen molar-refractivity contribution < 1.29 is 22.7 Å². The molecule has 8 nitrogen and oxygen atoms in total. The average Bonchev–Trinajstić information content (AvgIpc) is 2.83. The van der Waals surface area contributed by atoms with Gasteiger partial charge in [0, 0.05) is 33.0 Å². The van der Waals surface area contributed by atoms with E-state index in [-0.39, 0.29) is 16.7 Å². The molecule has 0 radical (unpaired) electrons. The third-order valence-corrected chi connectivity index (χ3v) is 4.54. The molecule has 1 aromatic carbocycles. The van der Waals surface area contributed by atoms with Crippen molar-refractivity contribution in [2.75, 3.05) is 7.11 Å². The molecule has 0 saturated heterocycles. The Hall–Kier alpha value is -2.52. The molecule has 0 bridgehead atoms. The Morgan fingerprint density at radius 1 is 1.30 bits per heavy atom. The van der Waals surface area contributed by atoms with E-state index < -0.39 is 15.1 Å². The Bertz CT molecular complexity index is 1040. The summed E-state index contributed by atoms with van der Waals surface area (Å²) in [5.74, 6) is 0.104. The van der Waals surface area contributed by atoms with Gasteiger partial charge in [-0.15, -0.1) is 0 Å². The Balaban J connectivity index is 2.38. The minimum absolute atomic E-state index is 0.0549. The first-order valence-electron chi connectivity index (χ1n) is 6.22. The van der Waals surface area contributed by atoms with Crippen molar-refractivity contribution in [3.63, 3.8) is 0 Å². The number of nitrogens with zero attached hydrogens (tertiary/aromatic N) is 1. The van der Waals surface area contributed by atoms with Gasteiger partial charge < -0.3 is 20.2 Å². The van der Waals surface area contributed by atoms with Crippen LogP contribution in [0.3, 0.4) is 0 Å². The van der Waals surface area contributed by atoms with E-state index >= 15 is 0 Å². The second-order valence-electron chi connectivity index (χ2n) is 4.58. The number of methoxy groups -OCH3 is 1. The summed E-state index contributed by atoms with van der Waals surface area (Å²) in [5.41, 5.74) is 6.01. The maximum Gasteiger partial charge on any atom is 0.411 e.